The number of hydrogen-bond acceptors (Lipinski definition) is 3. The Morgan fingerprint density at radius 1 is 0.762 bits per heavy atom. The second-order valence-corrected chi connectivity index (χ2v) is 5.21. The third-order valence-corrected chi connectivity index (χ3v) is 3.74. The Morgan fingerprint density at radius 2 is 1.10 bits per heavy atom. The van der Waals surface area contributed by atoms with Crippen molar-refractivity contribution >= 4 is 37.8 Å². The van der Waals surface area contributed by atoms with Crippen molar-refractivity contribution in [2.75, 3.05) is 0 Å². The summed E-state index contributed by atoms with van der Waals surface area (Å²) < 4.78 is 22.3. The topological polar surface area (TPSA) is 35.5 Å². The maximum Gasteiger partial charge on any atom is 0.805 e. The van der Waals surface area contributed by atoms with E-state index in [1.807, 2.05) is 24.3 Å². The Balaban J connectivity index is 0.00000220. The third-order valence-electron chi connectivity index (χ3n) is 3.02. The zero-order valence-electron chi connectivity index (χ0n) is 12.7. The van der Waals surface area contributed by atoms with Crippen LogP contribution in [-0.2, 0) is 17.4 Å². The Hall–Kier alpha value is -0.860. The van der Waals surface area contributed by atoms with Crippen molar-refractivity contribution < 1.29 is 13.6 Å². The van der Waals surface area contributed by atoms with Crippen LogP contribution in [0.15, 0.2) is 48.5 Å². The van der Waals surface area contributed by atoms with Crippen LogP contribution in [-0.4, -0.2) is 29.6 Å². The molecule has 0 fully saturated rings. The first-order valence-corrected chi connectivity index (χ1v) is 7.82. The molecule has 105 valence electrons. The molecular formula is C16H18NaO3P+. The molecule has 0 bridgehead atoms. The van der Waals surface area contributed by atoms with E-state index < -0.39 is 8.25 Å². The van der Waals surface area contributed by atoms with Crippen LogP contribution >= 0.6 is 8.25 Å². The molecule has 0 atom stereocenters. The average molecular weight is 312 g/mol. The molecular weight excluding hydrogens is 294 g/mol. The van der Waals surface area contributed by atoms with Crippen molar-refractivity contribution in [1.29, 1.82) is 0 Å². The van der Waals surface area contributed by atoms with Crippen LogP contribution in [0.3, 0.4) is 0 Å². The quantitative estimate of drug-likeness (QED) is 0.580. The summed E-state index contributed by atoms with van der Waals surface area (Å²) in [5.41, 5.74) is 2.42. The Morgan fingerprint density at radius 3 is 1.38 bits per heavy atom. The van der Waals surface area contributed by atoms with Crippen LogP contribution in [0.5, 0.6) is 11.5 Å². The number of aryl methyl sites for hydroxylation is 2. The largest absolute Gasteiger partial charge is 0.805 e. The SMILES string of the molecule is CCc1ccc(O[P+](=O)Oc2ccc(CC)cc2)cc1.[Na]. The summed E-state index contributed by atoms with van der Waals surface area (Å²) in [4.78, 5) is 0. The number of benzene rings is 2. The summed E-state index contributed by atoms with van der Waals surface area (Å²) in [5, 5.41) is 0. The molecule has 5 heteroatoms. The first-order chi connectivity index (χ1) is 9.71. The molecule has 3 nitrogen and oxygen atoms in total. The van der Waals surface area contributed by atoms with Gasteiger partial charge in [0, 0.05) is 34.1 Å². The minimum absolute atomic E-state index is 0. The molecule has 0 aromatic heterocycles. The zero-order chi connectivity index (χ0) is 14.4. The van der Waals surface area contributed by atoms with Gasteiger partial charge in [-0.3, -0.25) is 0 Å². The maximum absolute atomic E-state index is 11.8. The number of hydrogen-bond donors (Lipinski definition) is 0. The van der Waals surface area contributed by atoms with Crippen LogP contribution in [0, 0.1) is 0 Å². The van der Waals surface area contributed by atoms with E-state index in [2.05, 4.69) is 13.8 Å². The van der Waals surface area contributed by atoms with Gasteiger partial charge in [-0.15, -0.1) is 0 Å². The van der Waals surface area contributed by atoms with Gasteiger partial charge in [0.2, 0.25) is 0 Å². The smallest absolute Gasteiger partial charge is 0.222 e. The molecule has 0 aliphatic heterocycles. The van der Waals surface area contributed by atoms with Crippen molar-refractivity contribution in [2.24, 2.45) is 0 Å². The predicted octanol–water partition coefficient (Wildman–Crippen LogP) is 4.55. The van der Waals surface area contributed by atoms with Crippen LogP contribution in [0.1, 0.15) is 25.0 Å². The predicted molar refractivity (Wildman–Crippen MR) is 86.3 cm³/mol. The van der Waals surface area contributed by atoms with Gasteiger partial charge in [0.15, 0.2) is 11.5 Å². The molecule has 0 unspecified atom stereocenters. The second-order valence-electron chi connectivity index (χ2n) is 4.40. The van der Waals surface area contributed by atoms with Gasteiger partial charge in [-0.05, 0) is 48.2 Å². The molecule has 2 rings (SSSR count). The van der Waals surface area contributed by atoms with E-state index >= 15 is 0 Å². The van der Waals surface area contributed by atoms with Crippen LogP contribution in [0.25, 0.3) is 0 Å². The molecule has 0 N–H and O–H groups in total. The molecule has 0 saturated carbocycles. The van der Waals surface area contributed by atoms with Gasteiger partial charge in [-0.1, -0.05) is 38.1 Å². The van der Waals surface area contributed by atoms with Gasteiger partial charge in [0.05, 0.1) is 0 Å². The van der Waals surface area contributed by atoms with E-state index in [1.54, 1.807) is 24.3 Å². The molecule has 0 heterocycles. The van der Waals surface area contributed by atoms with E-state index in [1.165, 1.54) is 11.1 Å². The molecule has 1 radical (unpaired) electrons. The summed E-state index contributed by atoms with van der Waals surface area (Å²) in [6.45, 7) is 4.17. The van der Waals surface area contributed by atoms with Gasteiger partial charge in [-0.2, -0.15) is 0 Å². The second kappa shape index (κ2) is 9.22. The molecule has 0 spiro atoms. The Kier molecular flexibility index (Phi) is 7.98. The number of rotatable bonds is 6. The summed E-state index contributed by atoms with van der Waals surface area (Å²) in [6, 6.07) is 15.0. The summed E-state index contributed by atoms with van der Waals surface area (Å²) in [5.74, 6) is 1.10. The molecule has 2 aromatic rings. The molecule has 0 aliphatic carbocycles. The van der Waals surface area contributed by atoms with Crippen LogP contribution in [0.4, 0.5) is 0 Å². The van der Waals surface area contributed by atoms with Gasteiger partial charge in [0.1, 0.15) is 0 Å². The molecule has 0 aliphatic rings. The maximum atomic E-state index is 11.8. The summed E-state index contributed by atoms with van der Waals surface area (Å²) in [7, 11) is -2.21. The van der Waals surface area contributed by atoms with Gasteiger partial charge in [-0.25, -0.2) is 9.05 Å². The molecule has 21 heavy (non-hydrogen) atoms. The van der Waals surface area contributed by atoms with Crippen LogP contribution in [0.2, 0.25) is 0 Å². The normalized spacial score (nSPS) is 9.62. The minimum Gasteiger partial charge on any atom is -0.222 e. The fraction of sp³-hybridized carbons (Fsp3) is 0.250. The van der Waals surface area contributed by atoms with Crippen molar-refractivity contribution in [3.05, 3.63) is 59.7 Å². The average Bonchev–Trinajstić information content (AvgIpc) is 2.49. The van der Waals surface area contributed by atoms with E-state index in [9.17, 15) is 4.57 Å². The van der Waals surface area contributed by atoms with Crippen molar-refractivity contribution in [3.8, 4) is 11.5 Å². The van der Waals surface area contributed by atoms with Crippen molar-refractivity contribution in [3.63, 3.8) is 0 Å². The Bertz CT molecular complexity index is 516. The van der Waals surface area contributed by atoms with Gasteiger partial charge < -0.3 is 0 Å². The summed E-state index contributed by atoms with van der Waals surface area (Å²) in [6.07, 6.45) is 1.93. The van der Waals surface area contributed by atoms with E-state index in [4.69, 9.17) is 9.05 Å². The first kappa shape index (κ1) is 18.2. The van der Waals surface area contributed by atoms with Crippen LogP contribution < -0.4 is 9.05 Å². The molecule has 0 saturated heterocycles. The Labute approximate surface area is 148 Å². The molecule has 0 amide bonds. The zero-order valence-corrected chi connectivity index (χ0v) is 15.6. The minimum atomic E-state index is -2.21. The fourth-order valence-electron chi connectivity index (χ4n) is 1.76. The van der Waals surface area contributed by atoms with Crippen molar-refractivity contribution in [2.45, 2.75) is 26.7 Å². The van der Waals surface area contributed by atoms with E-state index in [0.717, 1.165) is 12.8 Å². The van der Waals surface area contributed by atoms with Gasteiger partial charge in [0.25, 0.3) is 0 Å². The molecule has 2 aromatic carbocycles. The third kappa shape index (κ3) is 5.80. The van der Waals surface area contributed by atoms with Gasteiger partial charge >= 0.3 is 8.25 Å². The summed E-state index contributed by atoms with van der Waals surface area (Å²) >= 11 is 0. The standard InChI is InChI=1S/C16H18O3P.Na/c1-3-13-5-9-15(10-6-13)18-20(17)19-16-11-7-14(4-2)8-12-16;/h5-12H,3-4H2,1-2H3;/q+1;. The fourth-order valence-corrected chi connectivity index (χ4v) is 2.39. The monoisotopic (exact) mass is 312 g/mol. The van der Waals surface area contributed by atoms with Crippen molar-refractivity contribution in [1.82, 2.24) is 0 Å². The van der Waals surface area contributed by atoms with E-state index in [0.29, 0.717) is 11.5 Å². The van der Waals surface area contributed by atoms with E-state index in [-0.39, 0.29) is 29.6 Å². The first-order valence-electron chi connectivity index (χ1n) is 6.72.